The zero-order chi connectivity index (χ0) is 14.8. The van der Waals surface area contributed by atoms with Crippen molar-refractivity contribution >= 4 is 18.1 Å². The Morgan fingerprint density at radius 3 is 3.05 bits per heavy atom. The number of fused-ring (bicyclic) bond motifs is 1. The van der Waals surface area contributed by atoms with Gasteiger partial charge in [0, 0.05) is 18.2 Å². The number of pyridine rings is 1. The van der Waals surface area contributed by atoms with E-state index < -0.39 is 0 Å². The van der Waals surface area contributed by atoms with Crippen molar-refractivity contribution in [2.45, 2.75) is 19.4 Å². The summed E-state index contributed by atoms with van der Waals surface area (Å²) >= 11 is 5.15. The van der Waals surface area contributed by atoms with E-state index in [9.17, 15) is 4.79 Å². The molecule has 0 bridgehead atoms. The van der Waals surface area contributed by atoms with Gasteiger partial charge in [0.15, 0.2) is 0 Å². The van der Waals surface area contributed by atoms with Crippen LogP contribution in [0.15, 0.2) is 36.5 Å². The number of aryl methyl sites for hydroxylation is 1. The number of hydrogen-bond acceptors (Lipinski definition) is 3. The maximum absolute atomic E-state index is 12.4. The van der Waals surface area contributed by atoms with Gasteiger partial charge in [-0.1, -0.05) is 30.4 Å². The van der Waals surface area contributed by atoms with Crippen LogP contribution in [0.1, 0.15) is 33.9 Å². The van der Waals surface area contributed by atoms with E-state index in [1.807, 2.05) is 25.1 Å². The van der Waals surface area contributed by atoms with Crippen LogP contribution in [0, 0.1) is 11.6 Å². The first-order chi connectivity index (χ1) is 10.2. The predicted octanol–water partition coefficient (Wildman–Crippen LogP) is 3.31. The van der Waals surface area contributed by atoms with E-state index in [2.05, 4.69) is 10.3 Å². The number of benzene rings is 1. The van der Waals surface area contributed by atoms with E-state index in [0.717, 1.165) is 23.3 Å². The maximum atomic E-state index is 12.4. The molecule has 1 unspecified atom stereocenters. The first-order valence-electron chi connectivity index (χ1n) is 6.87. The van der Waals surface area contributed by atoms with E-state index in [1.165, 1.54) is 0 Å². The minimum absolute atomic E-state index is 0.0456. The van der Waals surface area contributed by atoms with Gasteiger partial charge in [-0.15, -0.1) is 0 Å². The first-order valence-corrected chi connectivity index (χ1v) is 7.28. The van der Waals surface area contributed by atoms with E-state index >= 15 is 0 Å². The number of para-hydroxylation sites is 1. The molecule has 1 amide bonds. The van der Waals surface area contributed by atoms with Crippen LogP contribution in [-0.2, 0) is 0 Å². The molecule has 108 valence electrons. The molecule has 0 aliphatic carbocycles. The Morgan fingerprint density at radius 1 is 1.38 bits per heavy atom. The molecule has 0 spiro atoms. The van der Waals surface area contributed by atoms with Gasteiger partial charge in [0.05, 0.1) is 18.2 Å². The summed E-state index contributed by atoms with van der Waals surface area (Å²) in [6.07, 6.45) is 2.47. The smallest absolute Gasteiger partial charge is 0.254 e. The van der Waals surface area contributed by atoms with Gasteiger partial charge in [0.25, 0.3) is 5.91 Å². The Hall–Kier alpha value is -2.14. The van der Waals surface area contributed by atoms with Gasteiger partial charge in [-0.25, -0.2) is 0 Å². The van der Waals surface area contributed by atoms with Gasteiger partial charge >= 0.3 is 0 Å². The fourth-order valence-electron chi connectivity index (χ4n) is 2.57. The summed E-state index contributed by atoms with van der Waals surface area (Å²) in [7, 11) is 0. The number of H-pyrrole nitrogens is 1. The van der Waals surface area contributed by atoms with Crippen molar-refractivity contribution in [2.75, 3.05) is 6.61 Å². The Balaban J connectivity index is 1.88. The minimum Gasteiger partial charge on any atom is -0.493 e. The molecule has 1 aliphatic heterocycles. The van der Waals surface area contributed by atoms with Gasteiger partial charge in [-0.2, -0.15) is 0 Å². The number of aromatic amines is 1. The summed E-state index contributed by atoms with van der Waals surface area (Å²) in [6, 6.07) is 9.44. The molecule has 1 atom stereocenters. The number of rotatable bonds is 2. The summed E-state index contributed by atoms with van der Waals surface area (Å²) in [5.41, 5.74) is 2.61. The summed E-state index contributed by atoms with van der Waals surface area (Å²) in [5.74, 6) is 0.725. The van der Waals surface area contributed by atoms with Gasteiger partial charge in [-0.3, -0.25) is 4.79 Å². The molecule has 1 aliphatic rings. The van der Waals surface area contributed by atoms with E-state index in [0.29, 0.717) is 16.8 Å². The monoisotopic (exact) mass is 300 g/mol. The topological polar surface area (TPSA) is 54.1 Å². The number of hydrogen-bond donors (Lipinski definition) is 2. The Labute approximate surface area is 128 Å². The van der Waals surface area contributed by atoms with Crippen LogP contribution < -0.4 is 10.1 Å². The van der Waals surface area contributed by atoms with Crippen molar-refractivity contribution in [3.63, 3.8) is 0 Å². The van der Waals surface area contributed by atoms with E-state index in [4.69, 9.17) is 17.0 Å². The zero-order valence-corrected chi connectivity index (χ0v) is 12.5. The molecule has 21 heavy (non-hydrogen) atoms. The highest BCUT2D eigenvalue weighted by molar-refractivity contribution is 7.71. The quantitative estimate of drug-likeness (QED) is 0.837. The third-order valence-corrected chi connectivity index (χ3v) is 3.98. The number of carbonyl (C=O) groups excluding carboxylic acids is 1. The summed E-state index contributed by atoms with van der Waals surface area (Å²) in [4.78, 5) is 15.3. The number of ether oxygens (including phenoxy) is 1. The fraction of sp³-hybridized carbons (Fsp3) is 0.250. The number of amides is 1. The molecule has 2 aromatic rings. The molecule has 1 aromatic carbocycles. The van der Waals surface area contributed by atoms with Crippen LogP contribution in [-0.4, -0.2) is 17.5 Å². The summed E-state index contributed by atoms with van der Waals surface area (Å²) in [5, 5.41) is 3.05. The van der Waals surface area contributed by atoms with E-state index in [-0.39, 0.29) is 11.9 Å². The predicted molar refractivity (Wildman–Crippen MR) is 83.1 cm³/mol. The third-order valence-electron chi connectivity index (χ3n) is 3.64. The average Bonchev–Trinajstić information content (AvgIpc) is 2.49. The Bertz CT molecular complexity index is 739. The molecule has 0 radical (unpaired) electrons. The van der Waals surface area contributed by atoms with Crippen LogP contribution in [0.3, 0.4) is 0 Å². The summed E-state index contributed by atoms with van der Waals surface area (Å²) < 4.78 is 6.17. The lowest BCUT2D eigenvalue weighted by molar-refractivity contribution is 0.0923. The van der Waals surface area contributed by atoms with Gasteiger partial charge < -0.3 is 15.0 Å². The molecule has 0 saturated heterocycles. The van der Waals surface area contributed by atoms with Gasteiger partial charge in [0.2, 0.25) is 0 Å². The standard InChI is InChI=1S/C16H16N2O2S/c1-10-4-2-5-11-13(7-9-20-14(10)11)18-15(19)12-6-3-8-17-16(12)21/h2-6,8,13H,7,9H2,1H3,(H,17,21)(H,18,19). The van der Waals surface area contributed by atoms with Crippen LogP contribution >= 0.6 is 12.2 Å². The molecular formula is C16H16N2O2S. The molecule has 3 rings (SSSR count). The Morgan fingerprint density at radius 2 is 2.24 bits per heavy atom. The lowest BCUT2D eigenvalue weighted by Crippen LogP contribution is -2.32. The van der Waals surface area contributed by atoms with Crippen LogP contribution in [0.4, 0.5) is 0 Å². The molecule has 2 heterocycles. The van der Waals surface area contributed by atoms with Gasteiger partial charge in [0.1, 0.15) is 10.4 Å². The highest BCUT2D eigenvalue weighted by Crippen LogP contribution is 2.34. The minimum atomic E-state index is -0.156. The van der Waals surface area contributed by atoms with Crippen molar-refractivity contribution in [1.29, 1.82) is 0 Å². The number of nitrogens with one attached hydrogen (secondary N) is 2. The lowest BCUT2D eigenvalue weighted by Gasteiger charge is -2.27. The molecule has 4 nitrogen and oxygen atoms in total. The van der Waals surface area contributed by atoms with Crippen molar-refractivity contribution in [3.8, 4) is 5.75 Å². The van der Waals surface area contributed by atoms with Crippen LogP contribution in [0.2, 0.25) is 0 Å². The third kappa shape index (κ3) is 2.69. The zero-order valence-electron chi connectivity index (χ0n) is 11.7. The SMILES string of the molecule is Cc1cccc2c1OCCC2NC(=O)c1ccc[nH]c1=S. The highest BCUT2D eigenvalue weighted by atomic mass is 32.1. The Kier molecular flexibility index (Phi) is 3.75. The van der Waals surface area contributed by atoms with E-state index in [1.54, 1.807) is 18.3 Å². The number of aromatic nitrogens is 1. The van der Waals surface area contributed by atoms with Crippen molar-refractivity contribution in [3.05, 3.63) is 57.9 Å². The molecule has 2 N–H and O–H groups in total. The second-order valence-electron chi connectivity index (χ2n) is 5.07. The lowest BCUT2D eigenvalue weighted by atomic mass is 9.97. The second-order valence-corrected chi connectivity index (χ2v) is 5.48. The fourth-order valence-corrected chi connectivity index (χ4v) is 2.80. The maximum Gasteiger partial charge on any atom is 0.254 e. The van der Waals surface area contributed by atoms with Crippen molar-refractivity contribution in [2.24, 2.45) is 0 Å². The molecule has 0 fully saturated rings. The highest BCUT2D eigenvalue weighted by Gasteiger charge is 2.24. The summed E-state index contributed by atoms with van der Waals surface area (Å²) in [6.45, 7) is 2.61. The van der Waals surface area contributed by atoms with Crippen LogP contribution in [0.5, 0.6) is 5.75 Å². The molecule has 0 saturated carbocycles. The first kappa shape index (κ1) is 13.8. The number of carbonyl (C=O) groups is 1. The molecular weight excluding hydrogens is 284 g/mol. The van der Waals surface area contributed by atoms with Crippen molar-refractivity contribution < 1.29 is 9.53 Å². The molecule has 1 aromatic heterocycles. The largest absolute Gasteiger partial charge is 0.493 e. The van der Waals surface area contributed by atoms with Crippen molar-refractivity contribution in [1.82, 2.24) is 10.3 Å². The van der Waals surface area contributed by atoms with Crippen LogP contribution in [0.25, 0.3) is 0 Å². The molecule has 5 heteroatoms. The second kappa shape index (κ2) is 5.69. The normalized spacial score (nSPS) is 16.7. The average molecular weight is 300 g/mol. The van der Waals surface area contributed by atoms with Gasteiger partial charge in [-0.05, 0) is 24.6 Å².